The van der Waals surface area contributed by atoms with Crippen molar-refractivity contribution in [3.05, 3.63) is 23.8 Å². The Morgan fingerprint density at radius 3 is 2.72 bits per heavy atom. The average molecular weight is 247 g/mol. The molecule has 1 heterocycles. The molecule has 0 saturated heterocycles. The molecule has 0 aromatic carbocycles. The van der Waals surface area contributed by atoms with Gasteiger partial charge in [0.1, 0.15) is 5.82 Å². The Kier molecular flexibility index (Phi) is 5.12. The molecule has 0 unspecified atom stereocenters. The zero-order valence-corrected chi connectivity index (χ0v) is 11.7. The molecule has 0 bridgehead atoms. The molecule has 0 radical (unpaired) electrons. The van der Waals surface area contributed by atoms with Gasteiger partial charge in [-0.1, -0.05) is 19.8 Å². The van der Waals surface area contributed by atoms with Crippen molar-refractivity contribution in [3.63, 3.8) is 0 Å². The maximum atomic E-state index is 4.43. The maximum Gasteiger partial charge on any atom is 0.125 e. The van der Waals surface area contributed by atoms with Crippen LogP contribution in [0.1, 0.15) is 57.0 Å². The average Bonchev–Trinajstić information content (AvgIpc) is 2.38. The fraction of sp³-hybridized carbons (Fsp3) is 0.733. The first kappa shape index (κ1) is 13.5. The highest BCUT2D eigenvalue weighted by molar-refractivity contribution is 5.01. The van der Waals surface area contributed by atoms with Gasteiger partial charge in [-0.05, 0) is 44.6 Å². The van der Waals surface area contributed by atoms with Crippen LogP contribution in [0, 0.1) is 12.8 Å². The highest BCUT2D eigenvalue weighted by atomic mass is 15.0. The maximum absolute atomic E-state index is 4.43. The quantitative estimate of drug-likeness (QED) is 0.868. The summed E-state index contributed by atoms with van der Waals surface area (Å²) in [6.45, 7) is 5.12. The second kappa shape index (κ2) is 6.83. The summed E-state index contributed by atoms with van der Waals surface area (Å²) in [4.78, 5) is 8.55. The van der Waals surface area contributed by atoms with Crippen LogP contribution in [-0.2, 0) is 6.54 Å². The minimum absolute atomic E-state index is 0.688. The zero-order valence-electron chi connectivity index (χ0n) is 11.7. The smallest absolute Gasteiger partial charge is 0.125 e. The summed E-state index contributed by atoms with van der Waals surface area (Å²) in [5.41, 5.74) is 1.11. The van der Waals surface area contributed by atoms with Gasteiger partial charge in [0.2, 0.25) is 0 Å². The van der Waals surface area contributed by atoms with E-state index >= 15 is 0 Å². The number of nitrogens with one attached hydrogen (secondary N) is 1. The second-order valence-electron chi connectivity index (χ2n) is 5.48. The van der Waals surface area contributed by atoms with E-state index in [9.17, 15) is 0 Å². The zero-order chi connectivity index (χ0) is 12.8. The molecule has 1 aliphatic carbocycles. The number of aromatic nitrogens is 2. The first-order valence-corrected chi connectivity index (χ1v) is 7.30. The number of nitrogens with zero attached hydrogens (tertiary/aromatic N) is 2. The summed E-state index contributed by atoms with van der Waals surface area (Å²) in [5, 5.41) is 3.64. The van der Waals surface area contributed by atoms with Crippen LogP contribution in [0.5, 0.6) is 0 Å². The van der Waals surface area contributed by atoms with Crippen LogP contribution in [0.3, 0.4) is 0 Å². The van der Waals surface area contributed by atoms with Crippen molar-refractivity contribution < 1.29 is 0 Å². The van der Waals surface area contributed by atoms with E-state index in [0.717, 1.165) is 24.0 Å². The van der Waals surface area contributed by atoms with Crippen molar-refractivity contribution in [2.24, 2.45) is 5.92 Å². The molecule has 1 saturated carbocycles. The van der Waals surface area contributed by atoms with Gasteiger partial charge in [0.25, 0.3) is 0 Å². The Morgan fingerprint density at radius 1 is 1.28 bits per heavy atom. The molecule has 1 aliphatic rings. The fourth-order valence-corrected chi connectivity index (χ4v) is 2.92. The van der Waals surface area contributed by atoms with Crippen LogP contribution in [0.15, 0.2) is 12.3 Å². The van der Waals surface area contributed by atoms with E-state index in [-0.39, 0.29) is 0 Å². The summed E-state index contributed by atoms with van der Waals surface area (Å²) in [7, 11) is 0. The molecule has 100 valence electrons. The summed E-state index contributed by atoms with van der Waals surface area (Å²) in [6, 6.07) is 2.69. The predicted molar refractivity (Wildman–Crippen MR) is 74.3 cm³/mol. The van der Waals surface area contributed by atoms with Crippen molar-refractivity contribution in [2.45, 2.75) is 65.0 Å². The van der Waals surface area contributed by atoms with Gasteiger partial charge in [-0.15, -0.1) is 0 Å². The SMILES string of the molecule is CCCC1CCC(NCc2ccnc(C)n2)CC1. The van der Waals surface area contributed by atoms with Crippen LogP contribution < -0.4 is 5.32 Å². The molecule has 1 aromatic rings. The van der Waals surface area contributed by atoms with Crippen LogP contribution >= 0.6 is 0 Å². The van der Waals surface area contributed by atoms with Crippen LogP contribution in [0.25, 0.3) is 0 Å². The lowest BCUT2D eigenvalue weighted by molar-refractivity contribution is 0.277. The third-order valence-corrected chi connectivity index (χ3v) is 3.95. The molecular formula is C15H25N3. The van der Waals surface area contributed by atoms with Gasteiger partial charge in [0.15, 0.2) is 0 Å². The van der Waals surface area contributed by atoms with E-state index in [1.54, 1.807) is 0 Å². The molecule has 1 aromatic heterocycles. The molecule has 0 atom stereocenters. The van der Waals surface area contributed by atoms with Crippen molar-refractivity contribution in [1.82, 2.24) is 15.3 Å². The van der Waals surface area contributed by atoms with Gasteiger partial charge < -0.3 is 5.32 Å². The second-order valence-corrected chi connectivity index (χ2v) is 5.48. The lowest BCUT2D eigenvalue weighted by Crippen LogP contribution is -2.33. The van der Waals surface area contributed by atoms with E-state index in [1.165, 1.54) is 38.5 Å². The molecule has 1 N–H and O–H groups in total. The topological polar surface area (TPSA) is 37.8 Å². The molecule has 18 heavy (non-hydrogen) atoms. The molecule has 3 nitrogen and oxygen atoms in total. The van der Waals surface area contributed by atoms with Crippen molar-refractivity contribution in [1.29, 1.82) is 0 Å². The van der Waals surface area contributed by atoms with Crippen LogP contribution in [0.4, 0.5) is 0 Å². The van der Waals surface area contributed by atoms with Gasteiger partial charge in [0, 0.05) is 18.8 Å². The molecule has 0 spiro atoms. The van der Waals surface area contributed by atoms with Crippen LogP contribution in [-0.4, -0.2) is 16.0 Å². The van der Waals surface area contributed by atoms with Gasteiger partial charge >= 0.3 is 0 Å². The van der Waals surface area contributed by atoms with Crippen LogP contribution in [0.2, 0.25) is 0 Å². The number of rotatable bonds is 5. The van der Waals surface area contributed by atoms with Gasteiger partial charge in [-0.2, -0.15) is 0 Å². The summed E-state index contributed by atoms with van der Waals surface area (Å²) < 4.78 is 0. The molecule has 3 heteroatoms. The van der Waals surface area contributed by atoms with E-state index in [1.807, 2.05) is 19.2 Å². The number of aryl methyl sites for hydroxylation is 1. The summed E-state index contributed by atoms with van der Waals surface area (Å²) in [6.07, 6.45) is 10.0. The Hall–Kier alpha value is -0.960. The third-order valence-electron chi connectivity index (χ3n) is 3.95. The van der Waals surface area contributed by atoms with E-state index < -0.39 is 0 Å². The van der Waals surface area contributed by atoms with E-state index in [2.05, 4.69) is 22.2 Å². The summed E-state index contributed by atoms with van der Waals surface area (Å²) >= 11 is 0. The van der Waals surface area contributed by atoms with Gasteiger partial charge in [-0.3, -0.25) is 0 Å². The fourth-order valence-electron chi connectivity index (χ4n) is 2.92. The number of hydrogen-bond acceptors (Lipinski definition) is 3. The van der Waals surface area contributed by atoms with Crippen molar-refractivity contribution >= 4 is 0 Å². The Labute approximate surface area is 110 Å². The molecule has 2 rings (SSSR count). The first-order chi connectivity index (χ1) is 8.78. The van der Waals surface area contributed by atoms with Crippen molar-refractivity contribution in [2.75, 3.05) is 0 Å². The van der Waals surface area contributed by atoms with E-state index in [0.29, 0.717) is 6.04 Å². The predicted octanol–water partition coefficient (Wildman–Crippen LogP) is 3.23. The minimum atomic E-state index is 0.688. The normalized spacial score (nSPS) is 24.1. The Bertz CT molecular complexity index is 357. The highest BCUT2D eigenvalue weighted by Gasteiger charge is 2.19. The lowest BCUT2D eigenvalue weighted by atomic mass is 9.83. The Balaban J connectivity index is 1.72. The van der Waals surface area contributed by atoms with Gasteiger partial charge in [0.05, 0.1) is 5.69 Å². The Morgan fingerprint density at radius 2 is 2.06 bits per heavy atom. The molecule has 1 fully saturated rings. The first-order valence-electron chi connectivity index (χ1n) is 7.30. The minimum Gasteiger partial charge on any atom is -0.308 e. The third kappa shape index (κ3) is 4.05. The standard InChI is InChI=1S/C15H25N3/c1-3-4-13-5-7-14(8-6-13)17-11-15-9-10-16-12(2)18-15/h9-10,13-14,17H,3-8,11H2,1-2H3. The highest BCUT2D eigenvalue weighted by Crippen LogP contribution is 2.27. The molecular weight excluding hydrogens is 222 g/mol. The van der Waals surface area contributed by atoms with E-state index in [4.69, 9.17) is 0 Å². The largest absolute Gasteiger partial charge is 0.308 e. The summed E-state index contributed by atoms with van der Waals surface area (Å²) in [5.74, 6) is 1.84. The van der Waals surface area contributed by atoms with Crippen molar-refractivity contribution in [3.8, 4) is 0 Å². The number of hydrogen-bond donors (Lipinski definition) is 1. The van der Waals surface area contributed by atoms with Gasteiger partial charge in [-0.25, -0.2) is 9.97 Å². The lowest BCUT2D eigenvalue weighted by Gasteiger charge is -2.29. The molecule has 0 amide bonds. The monoisotopic (exact) mass is 247 g/mol. The molecule has 0 aliphatic heterocycles.